The molecule has 1 aromatic carbocycles. The summed E-state index contributed by atoms with van der Waals surface area (Å²) in [5, 5.41) is -0.727. The molecule has 11 heteroatoms. The van der Waals surface area contributed by atoms with Crippen molar-refractivity contribution in [2.75, 3.05) is 13.7 Å². The smallest absolute Gasteiger partial charge is 0.465 e. The van der Waals surface area contributed by atoms with Gasteiger partial charge in [-0.2, -0.15) is 0 Å². The quantitative estimate of drug-likeness (QED) is 0.814. The molecule has 0 fully saturated rings. The summed E-state index contributed by atoms with van der Waals surface area (Å²) in [6, 6.07) is 1.55. The Morgan fingerprint density at radius 3 is 2.41 bits per heavy atom. The number of halogens is 4. The van der Waals surface area contributed by atoms with Crippen LogP contribution in [0.25, 0.3) is 0 Å². The number of ether oxygens (including phenoxy) is 2. The first kappa shape index (κ1) is 18.5. The van der Waals surface area contributed by atoms with Crippen molar-refractivity contribution in [2.45, 2.75) is 18.2 Å². The van der Waals surface area contributed by atoms with Crippen LogP contribution < -0.4 is 9.46 Å². The zero-order valence-corrected chi connectivity index (χ0v) is 12.9. The van der Waals surface area contributed by atoms with E-state index in [4.69, 9.17) is 11.6 Å². The summed E-state index contributed by atoms with van der Waals surface area (Å²) < 4.78 is 71.2. The fourth-order valence-corrected chi connectivity index (χ4v) is 3.31. The maximum absolute atomic E-state index is 12.4. The number of rotatable bonds is 5. The molecule has 0 atom stereocenters. The fraction of sp³-hybridized carbons (Fsp3) is 0.364. The number of methoxy groups -OCH3 is 1. The third kappa shape index (κ3) is 4.24. The minimum absolute atomic E-state index is 0.105. The van der Waals surface area contributed by atoms with E-state index in [1.54, 1.807) is 0 Å². The van der Waals surface area contributed by atoms with Crippen LogP contribution in [0.5, 0.6) is 5.75 Å². The third-order valence-electron chi connectivity index (χ3n) is 2.30. The molecule has 0 unspecified atom stereocenters. The van der Waals surface area contributed by atoms with Crippen molar-refractivity contribution < 1.29 is 35.9 Å². The number of sulfonamides is 1. The second kappa shape index (κ2) is 6.71. The highest BCUT2D eigenvalue weighted by Gasteiger charge is 2.36. The largest absolute Gasteiger partial charge is 0.573 e. The van der Waals surface area contributed by atoms with Gasteiger partial charge < -0.3 is 9.47 Å². The van der Waals surface area contributed by atoms with Gasteiger partial charge in [-0.15, -0.1) is 13.2 Å². The molecule has 0 aromatic heterocycles. The van der Waals surface area contributed by atoms with E-state index in [-0.39, 0.29) is 6.54 Å². The molecule has 0 radical (unpaired) electrons. The molecule has 124 valence electrons. The van der Waals surface area contributed by atoms with Crippen molar-refractivity contribution >= 4 is 27.6 Å². The number of carbonyl (C=O) groups excluding carboxylic acids is 1. The highest BCUT2D eigenvalue weighted by atomic mass is 35.5. The Kier molecular flexibility index (Phi) is 5.65. The monoisotopic (exact) mass is 361 g/mol. The molecule has 1 aromatic rings. The lowest BCUT2D eigenvalue weighted by Crippen LogP contribution is -2.26. The van der Waals surface area contributed by atoms with Gasteiger partial charge in [0, 0.05) is 6.54 Å². The van der Waals surface area contributed by atoms with Crippen molar-refractivity contribution in [1.29, 1.82) is 0 Å². The van der Waals surface area contributed by atoms with Gasteiger partial charge in [-0.3, -0.25) is 0 Å². The fourth-order valence-electron chi connectivity index (χ4n) is 1.52. The Labute approximate surface area is 129 Å². The van der Waals surface area contributed by atoms with Crippen molar-refractivity contribution in [3.63, 3.8) is 0 Å². The molecule has 22 heavy (non-hydrogen) atoms. The van der Waals surface area contributed by atoms with Crippen LogP contribution in [0.3, 0.4) is 0 Å². The molecule has 0 spiro atoms. The lowest BCUT2D eigenvalue weighted by atomic mass is 10.2. The molecular formula is C11H11ClF3NO5S. The highest BCUT2D eigenvalue weighted by Crippen LogP contribution is 2.37. The van der Waals surface area contributed by atoms with Gasteiger partial charge >= 0.3 is 12.3 Å². The lowest BCUT2D eigenvalue weighted by molar-refractivity contribution is -0.275. The van der Waals surface area contributed by atoms with E-state index in [1.165, 1.54) is 6.92 Å². The molecule has 0 heterocycles. The van der Waals surface area contributed by atoms with Crippen LogP contribution in [0.15, 0.2) is 17.0 Å². The summed E-state index contributed by atoms with van der Waals surface area (Å²) in [5.41, 5.74) is -0.407. The zero-order chi connectivity index (χ0) is 17.1. The predicted octanol–water partition coefficient (Wildman–Crippen LogP) is 2.32. The van der Waals surface area contributed by atoms with E-state index in [0.29, 0.717) is 6.07 Å². The second-order valence-electron chi connectivity index (χ2n) is 3.80. The van der Waals surface area contributed by atoms with Crippen LogP contribution in [0.2, 0.25) is 5.02 Å². The van der Waals surface area contributed by atoms with Crippen molar-refractivity contribution in [1.82, 2.24) is 4.72 Å². The Morgan fingerprint density at radius 2 is 1.95 bits per heavy atom. The summed E-state index contributed by atoms with van der Waals surface area (Å²) >= 11 is 5.77. The van der Waals surface area contributed by atoms with E-state index in [0.717, 1.165) is 13.2 Å². The van der Waals surface area contributed by atoms with Crippen LogP contribution in [-0.4, -0.2) is 34.4 Å². The van der Waals surface area contributed by atoms with E-state index in [2.05, 4.69) is 9.47 Å². The summed E-state index contributed by atoms with van der Waals surface area (Å²) in [4.78, 5) is 10.5. The maximum Gasteiger partial charge on any atom is 0.573 e. The topological polar surface area (TPSA) is 81.7 Å². The number of nitrogens with one attached hydrogen (secondary N) is 1. The molecule has 0 aliphatic rings. The van der Waals surface area contributed by atoms with Crippen LogP contribution in [-0.2, 0) is 14.8 Å². The number of benzene rings is 1. The first-order valence-electron chi connectivity index (χ1n) is 5.69. The van der Waals surface area contributed by atoms with Gasteiger partial charge in [-0.1, -0.05) is 18.5 Å². The molecule has 0 bridgehead atoms. The third-order valence-corrected chi connectivity index (χ3v) is 4.41. The van der Waals surface area contributed by atoms with E-state index >= 15 is 0 Å². The minimum atomic E-state index is -5.13. The summed E-state index contributed by atoms with van der Waals surface area (Å²) in [6.45, 7) is 1.31. The number of hydrogen-bond acceptors (Lipinski definition) is 5. The standard InChI is InChI=1S/C11H11ClF3NO5S/c1-3-16-22(18,19)9-7(21-11(13,14)15)5-4-6(8(9)12)10(17)20-2/h4-5,16H,3H2,1-2H3. The average Bonchev–Trinajstić information content (AvgIpc) is 2.35. The Balaban J connectivity index is 3.60. The first-order valence-corrected chi connectivity index (χ1v) is 7.55. The van der Waals surface area contributed by atoms with Crippen LogP contribution >= 0.6 is 11.6 Å². The molecule has 1 N–H and O–H groups in total. The van der Waals surface area contributed by atoms with Crippen molar-refractivity contribution in [2.24, 2.45) is 0 Å². The minimum Gasteiger partial charge on any atom is -0.465 e. The second-order valence-corrected chi connectivity index (χ2v) is 5.88. The normalized spacial score (nSPS) is 12.1. The van der Waals surface area contributed by atoms with E-state index < -0.39 is 43.6 Å². The van der Waals surface area contributed by atoms with Gasteiger partial charge in [-0.05, 0) is 12.1 Å². The molecule has 6 nitrogen and oxygen atoms in total. The molecular weight excluding hydrogens is 351 g/mol. The Morgan fingerprint density at radius 1 is 1.36 bits per heavy atom. The number of carbonyl (C=O) groups is 1. The number of esters is 1. The summed E-state index contributed by atoms with van der Waals surface area (Å²) in [6.07, 6.45) is -5.13. The maximum atomic E-state index is 12.4. The van der Waals surface area contributed by atoms with Crippen LogP contribution in [0, 0.1) is 0 Å². The number of hydrogen-bond donors (Lipinski definition) is 1. The average molecular weight is 362 g/mol. The van der Waals surface area contributed by atoms with Crippen molar-refractivity contribution in [3.8, 4) is 5.75 Å². The Bertz CT molecular complexity index is 675. The van der Waals surface area contributed by atoms with Gasteiger partial charge in [0.15, 0.2) is 5.75 Å². The van der Waals surface area contributed by atoms with Crippen LogP contribution in [0.1, 0.15) is 17.3 Å². The Hall–Kier alpha value is -1.52. The van der Waals surface area contributed by atoms with Gasteiger partial charge in [0.25, 0.3) is 0 Å². The molecule has 0 aliphatic heterocycles. The first-order chi connectivity index (χ1) is 10.0. The lowest BCUT2D eigenvalue weighted by Gasteiger charge is -2.16. The molecule has 1 rings (SSSR count). The van der Waals surface area contributed by atoms with Gasteiger partial charge in [0.2, 0.25) is 10.0 Å². The zero-order valence-electron chi connectivity index (χ0n) is 11.3. The molecule has 0 amide bonds. The van der Waals surface area contributed by atoms with Crippen LogP contribution in [0.4, 0.5) is 13.2 Å². The highest BCUT2D eigenvalue weighted by molar-refractivity contribution is 7.89. The molecule has 0 saturated heterocycles. The van der Waals surface area contributed by atoms with Gasteiger partial charge in [0.1, 0.15) is 4.90 Å². The summed E-state index contributed by atoms with van der Waals surface area (Å²) in [5.74, 6) is -2.05. The molecule has 0 aliphatic carbocycles. The summed E-state index contributed by atoms with van der Waals surface area (Å²) in [7, 11) is -3.41. The predicted molar refractivity (Wildman–Crippen MR) is 70.3 cm³/mol. The van der Waals surface area contributed by atoms with Crippen molar-refractivity contribution in [3.05, 3.63) is 22.7 Å². The number of alkyl halides is 3. The van der Waals surface area contributed by atoms with E-state index in [1.807, 2.05) is 4.72 Å². The van der Waals surface area contributed by atoms with E-state index in [9.17, 15) is 26.4 Å². The van der Waals surface area contributed by atoms with Gasteiger partial charge in [0.05, 0.1) is 17.7 Å². The molecule has 0 saturated carbocycles. The SMILES string of the molecule is CCNS(=O)(=O)c1c(OC(F)(F)F)ccc(C(=O)OC)c1Cl. The van der Waals surface area contributed by atoms with Gasteiger partial charge in [-0.25, -0.2) is 17.9 Å².